The summed E-state index contributed by atoms with van der Waals surface area (Å²) in [6, 6.07) is 3.78. The Morgan fingerprint density at radius 2 is 2.12 bits per heavy atom. The molecule has 5 heteroatoms. The van der Waals surface area contributed by atoms with Crippen molar-refractivity contribution in [2.45, 2.75) is 6.54 Å². The van der Waals surface area contributed by atoms with Crippen molar-refractivity contribution in [1.29, 1.82) is 0 Å². The largest absolute Gasteiger partial charge is 0.481 e. The van der Waals surface area contributed by atoms with Gasteiger partial charge in [-0.2, -0.15) is 0 Å². The molecule has 0 fully saturated rings. The van der Waals surface area contributed by atoms with Crippen molar-refractivity contribution in [3.63, 3.8) is 0 Å². The molecular weight excluding hydrogens is 204 g/mol. The monoisotopic (exact) mass is 216 g/mol. The third kappa shape index (κ3) is 2.66. The zero-order chi connectivity index (χ0) is 11.2. The van der Waals surface area contributed by atoms with Gasteiger partial charge in [0, 0.05) is 31.2 Å². The maximum atomic E-state index is 4.98. The van der Waals surface area contributed by atoms with Crippen LogP contribution in [0.4, 0.5) is 5.82 Å². The SMILES string of the molecule is COc1ccc(CNc2cnccn2)cn1. The van der Waals surface area contributed by atoms with E-state index in [1.165, 1.54) is 0 Å². The first-order chi connectivity index (χ1) is 7.88. The van der Waals surface area contributed by atoms with Crippen LogP contribution in [0, 0.1) is 0 Å². The van der Waals surface area contributed by atoms with Gasteiger partial charge in [0.1, 0.15) is 5.82 Å². The number of hydrogen-bond donors (Lipinski definition) is 1. The van der Waals surface area contributed by atoms with E-state index in [1.54, 1.807) is 31.9 Å². The van der Waals surface area contributed by atoms with Gasteiger partial charge in [-0.15, -0.1) is 0 Å². The summed E-state index contributed by atoms with van der Waals surface area (Å²) in [4.78, 5) is 12.2. The van der Waals surface area contributed by atoms with Crippen LogP contribution in [0.1, 0.15) is 5.56 Å². The van der Waals surface area contributed by atoms with Gasteiger partial charge in [-0.05, 0) is 5.56 Å². The van der Waals surface area contributed by atoms with Crippen LogP contribution in [0.15, 0.2) is 36.9 Å². The van der Waals surface area contributed by atoms with E-state index in [0.717, 1.165) is 11.4 Å². The lowest BCUT2D eigenvalue weighted by atomic mass is 10.3. The summed E-state index contributed by atoms with van der Waals surface area (Å²) in [5.41, 5.74) is 1.06. The van der Waals surface area contributed by atoms with Crippen molar-refractivity contribution in [1.82, 2.24) is 15.0 Å². The Morgan fingerprint density at radius 3 is 2.75 bits per heavy atom. The van der Waals surface area contributed by atoms with Crippen LogP contribution in [0.5, 0.6) is 5.88 Å². The molecule has 0 bridgehead atoms. The minimum atomic E-state index is 0.614. The first kappa shape index (κ1) is 10.4. The highest BCUT2D eigenvalue weighted by Gasteiger charge is 1.96. The molecule has 5 nitrogen and oxygen atoms in total. The van der Waals surface area contributed by atoms with Gasteiger partial charge in [0.25, 0.3) is 0 Å². The lowest BCUT2D eigenvalue weighted by Gasteiger charge is -2.05. The Bertz CT molecular complexity index is 429. The van der Waals surface area contributed by atoms with Gasteiger partial charge in [-0.25, -0.2) is 9.97 Å². The quantitative estimate of drug-likeness (QED) is 0.839. The first-order valence-electron chi connectivity index (χ1n) is 4.87. The zero-order valence-corrected chi connectivity index (χ0v) is 8.92. The summed E-state index contributed by atoms with van der Waals surface area (Å²) in [7, 11) is 1.60. The van der Waals surface area contributed by atoms with Crippen molar-refractivity contribution < 1.29 is 4.74 Å². The number of pyridine rings is 1. The van der Waals surface area contributed by atoms with E-state index in [-0.39, 0.29) is 0 Å². The Balaban J connectivity index is 1.94. The predicted molar refractivity (Wildman–Crippen MR) is 60.1 cm³/mol. The number of rotatable bonds is 4. The molecule has 0 aliphatic carbocycles. The maximum absolute atomic E-state index is 4.98. The molecule has 0 aromatic carbocycles. The summed E-state index contributed by atoms with van der Waals surface area (Å²) in [5, 5.41) is 3.14. The van der Waals surface area contributed by atoms with Crippen molar-refractivity contribution in [2.75, 3.05) is 12.4 Å². The van der Waals surface area contributed by atoms with Gasteiger partial charge < -0.3 is 10.1 Å². The van der Waals surface area contributed by atoms with E-state index in [1.807, 2.05) is 12.1 Å². The molecule has 0 aliphatic rings. The molecule has 0 unspecified atom stereocenters. The molecular formula is C11H12N4O. The van der Waals surface area contributed by atoms with E-state index < -0.39 is 0 Å². The van der Waals surface area contributed by atoms with Crippen LogP contribution in [-0.4, -0.2) is 22.1 Å². The third-order valence-electron chi connectivity index (χ3n) is 2.04. The Morgan fingerprint density at radius 1 is 1.19 bits per heavy atom. The number of hydrogen-bond acceptors (Lipinski definition) is 5. The fourth-order valence-corrected chi connectivity index (χ4v) is 1.22. The number of aromatic nitrogens is 3. The van der Waals surface area contributed by atoms with Crippen LogP contribution >= 0.6 is 0 Å². The number of ether oxygens (including phenoxy) is 1. The Kier molecular flexibility index (Phi) is 3.28. The third-order valence-corrected chi connectivity index (χ3v) is 2.04. The van der Waals surface area contributed by atoms with Crippen molar-refractivity contribution in [2.24, 2.45) is 0 Å². The molecule has 0 saturated carbocycles. The highest BCUT2D eigenvalue weighted by molar-refractivity contribution is 5.31. The van der Waals surface area contributed by atoms with Gasteiger partial charge in [-0.3, -0.25) is 4.98 Å². The molecule has 1 N–H and O–H groups in total. The molecule has 2 heterocycles. The second-order valence-electron chi connectivity index (χ2n) is 3.15. The highest BCUT2D eigenvalue weighted by Crippen LogP contribution is 2.08. The molecule has 2 aromatic heterocycles. The molecule has 2 aromatic rings. The van der Waals surface area contributed by atoms with Crippen LogP contribution in [0.25, 0.3) is 0 Å². The lowest BCUT2D eigenvalue weighted by Crippen LogP contribution is -2.01. The summed E-state index contributed by atoms with van der Waals surface area (Å²) in [5.74, 6) is 1.36. The lowest BCUT2D eigenvalue weighted by molar-refractivity contribution is 0.397. The molecule has 16 heavy (non-hydrogen) atoms. The van der Waals surface area contributed by atoms with Crippen LogP contribution in [0.2, 0.25) is 0 Å². The van der Waals surface area contributed by atoms with Crippen molar-refractivity contribution >= 4 is 5.82 Å². The van der Waals surface area contributed by atoms with E-state index in [0.29, 0.717) is 12.4 Å². The first-order valence-corrected chi connectivity index (χ1v) is 4.87. The summed E-state index contributed by atoms with van der Waals surface area (Å²) in [6.45, 7) is 0.662. The topological polar surface area (TPSA) is 59.9 Å². The number of nitrogens with zero attached hydrogens (tertiary/aromatic N) is 3. The molecule has 0 atom stereocenters. The minimum absolute atomic E-state index is 0.614. The van der Waals surface area contributed by atoms with Gasteiger partial charge in [-0.1, -0.05) is 6.07 Å². The second-order valence-corrected chi connectivity index (χ2v) is 3.15. The molecule has 0 aliphatic heterocycles. The van der Waals surface area contributed by atoms with E-state index in [9.17, 15) is 0 Å². The molecule has 0 amide bonds. The number of methoxy groups -OCH3 is 1. The fourth-order valence-electron chi connectivity index (χ4n) is 1.22. The average Bonchev–Trinajstić information content (AvgIpc) is 2.38. The van der Waals surface area contributed by atoms with Crippen molar-refractivity contribution in [3.8, 4) is 5.88 Å². The molecule has 0 saturated heterocycles. The standard InChI is InChI=1S/C11H12N4O/c1-16-11-3-2-9(7-15-11)6-14-10-8-12-4-5-13-10/h2-5,7-8H,6H2,1H3,(H,13,14). The Labute approximate surface area is 93.5 Å². The van der Waals surface area contributed by atoms with Gasteiger partial charge >= 0.3 is 0 Å². The van der Waals surface area contributed by atoms with Crippen LogP contribution in [-0.2, 0) is 6.54 Å². The normalized spacial score (nSPS) is 9.81. The molecule has 0 spiro atoms. The van der Waals surface area contributed by atoms with E-state index >= 15 is 0 Å². The second kappa shape index (κ2) is 5.06. The minimum Gasteiger partial charge on any atom is -0.481 e. The summed E-state index contributed by atoms with van der Waals surface area (Å²) < 4.78 is 4.98. The predicted octanol–water partition coefficient (Wildman–Crippen LogP) is 1.49. The fraction of sp³-hybridized carbons (Fsp3) is 0.182. The highest BCUT2D eigenvalue weighted by atomic mass is 16.5. The Hall–Kier alpha value is -2.17. The maximum Gasteiger partial charge on any atom is 0.212 e. The molecule has 2 rings (SSSR count). The van der Waals surface area contributed by atoms with Gasteiger partial charge in [0.05, 0.1) is 13.3 Å². The average molecular weight is 216 g/mol. The number of nitrogens with one attached hydrogen (secondary N) is 1. The summed E-state index contributed by atoms with van der Waals surface area (Å²) >= 11 is 0. The smallest absolute Gasteiger partial charge is 0.212 e. The molecule has 82 valence electrons. The van der Waals surface area contributed by atoms with E-state index in [4.69, 9.17) is 4.74 Å². The van der Waals surface area contributed by atoms with Gasteiger partial charge in [0.15, 0.2) is 0 Å². The van der Waals surface area contributed by atoms with Gasteiger partial charge in [0.2, 0.25) is 5.88 Å². The van der Waals surface area contributed by atoms with Crippen LogP contribution in [0.3, 0.4) is 0 Å². The zero-order valence-electron chi connectivity index (χ0n) is 8.92. The van der Waals surface area contributed by atoms with E-state index in [2.05, 4.69) is 20.3 Å². The molecule has 0 radical (unpaired) electrons. The summed E-state index contributed by atoms with van der Waals surface area (Å²) in [6.07, 6.45) is 6.73. The van der Waals surface area contributed by atoms with Crippen LogP contribution < -0.4 is 10.1 Å². The number of anilines is 1. The van der Waals surface area contributed by atoms with Crippen molar-refractivity contribution in [3.05, 3.63) is 42.5 Å².